The van der Waals surface area contributed by atoms with Crippen LogP contribution in [0.5, 0.6) is 0 Å². The number of aliphatic hydroxyl groups excluding tert-OH is 1. The number of nitrogens with one attached hydrogen (secondary N) is 2. The summed E-state index contributed by atoms with van der Waals surface area (Å²) in [6, 6.07) is 1.45. The maximum atomic E-state index is 12.2. The highest BCUT2D eigenvalue weighted by atomic mass is 32.2. The molecule has 0 atom stereocenters. The van der Waals surface area contributed by atoms with E-state index in [1.165, 1.54) is 12.3 Å². The first-order valence-corrected chi connectivity index (χ1v) is 8.79. The van der Waals surface area contributed by atoms with Crippen molar-refractivity contribution in [2.75, 3.05) is 0 Å². The lowest BCUT2D eigenvalue weighted by atomic mass is 10.4. The van der Waals surface area contributed by atoms with Crippen LogP contribution in [0.1, 0.15) is 24.7 Å². The predicted octanol–water partition coefficient (Wildman–Crippen LogP) is 0.619. The van der Waals surface area contributed by atoms with Gasteiger partial charge in [-0.15, -0.1) is 0 Å². The van der Waals surface area contributed by atoms with Gasteiger partial charge < -0.3 is 14.7 Å². The first-order valence-electron chi connectivity index (χ1n) is 6.42. The molecule has 3 N–H and O–H groups in total. The molecule has 2 rings (SSSR count). The van der Waals surface area contributed by atoms with Crippen LogP contribution in [-0.4, -0.2) is 23.1 Å². The van der Waals surface area contributed by atoms with Crippen molar-refractivity contribution < 1.29 is 13.5 Å². The van der Waals surface area contributed by atoms with E-state index in [4.69, 9.17) is 0 Å². The molecular weight excluding hydrogens is 314 g/mol. The zero-order valence-corrected chi connectivity index (χ0v) is 13.1. The molecule has 0 fully saturated rings. The Kier molecular flexibility index (Phi) is 4.99. The van der Waals surface area contributed by atoms with Crippen LogP contribution in [0.4, 0.5) is 0 Å². The third-order valence-electron chi connectivity index (χ3n) is 2.92. The molecule has 0 aliphatic rings. The van der Waals surface area contributed by atoms with E-state index in [9.17, 15) is 18.3 Å². The van der Waals surface area contributed by atoms with Crippen LogP contribution in [0, 0.1) is 0 Å². The average molecular weight is 331 g/mol. The highest BCUT2D eigenvalue weighted by Gasteiger charge is 2.18. The summed E-state index contributed by atoms with van der Waals surface area (Å²) in [7, 11) is -3.68. The van der Waals surface area contributed by atoms with Crippen molar-refractivity contribution in [3.8, 4) is 0 Å². The quantitative estimate of drug-likeness (QED) is 0.692. The Morgan fingerprint density at radius 3 is 2.81 bits per heavy atom. The minimum Gasteiger partial charge on any atom is -0.390 e. The molecule has 7 nitrogen and oxygen atoms in total. The lowest BCUT2D eigenvalue weighted by Crippen LogP contribution is -2.23. The van der Waals surface area contributed by atoms with Crippen molar-refractivity contribution >= 4 is 21.4 Å². The molecule has 0 aliphatic heterocycles. The summed E-state index contributed by atoms with van der Waals surface area (Å²) in [6.45, 7) is 2.42. The number of aromatic amines is 1. The molecule has 0 saturated carbocycles. The summed E-state index contributed by atoms with van der Waals surface area (Å²) in [5.41, 5.74) is 1.07. The van der Waals surface area contributed by atoms with E-state index in [1.54, 1.807) is 9.95 Å². The Bertz CT molecular complexity index is 758. The van der Waals surface area contributed by atoms with Crippen molar-refractivity contribution in [1.82, 2.24) is 14.3 Å². The minimum atomic E-state index is -3.68. The fourth-order valence-corrected chi connectivity index (χ4v) is 3.56. The molecule has 0 unspecified atom stereocenters. The number of aromatic nitrogens is 2. The van der Waals surface area contributed by atoms with Crippen LogP contribution < -0.4 is 9.60 Å². The molecule has 2 heterocycles. The normalized spacial score (nSPS) is 11.9. The van der Waals surface area contributed by atoms with Crippen LogP contribution in [0.2, 0.25) is 0 Å². The van der Waals surface area contributed by atoms with Crippen LogP contribution >= 0.6 is 11.3 Å². The van der Waals surface area contributed by atoms with Gasteiger partial charge >= 0.3 is 4.87 Å². The summed E-state index contributed by atoms with van der Waals surface area (Å²) < 4.78 is 28.6. The summed E-state index contributed by atoms with van der Waals surface area (Å²) >= 11 is 0.984. The summed E-state index contributed by atoms with van der Waals surface area (Å²) in [6.07, 6.45) is 2.35. The van der Waals surface area contributed by atoms with Gasteiger partial charge in [-0.2, -0.15) is 0 Å². The van der Waals surface area contributed by atoms with Gasteiger partial charge in [-0.05, 0) is 12.5 Å². The second-order valence-electron chi connectivity index (χ2n) is 4.52. The first-order chi connectivity index (χ1) is 9.96. The number of rotatable bonds is 7. The van der Waals surface area contributed by atoms with E-state index < -0.39 is 10.0 Å². The van der Waals surface area contributed by atoms with Crippen molar-refractivity contribution in [3.05, 3.63) is 38.7 Å². The van der Waals surface area contributed by atoms with Crippen molar-refractivity contribution in [3.63, 3.8) is 0 Å². The maximum absolute atomic E-state index is 12.2. The van der Waals surface area contributed by atoms with Crippen molar-refractivity contribution in [2.24, 2.45) is 0 Å². The Morgan fingerprint density at radius 2 is 2.24 bits per heavy atom. The molecular formula is C12H17N3O4S2. The number of hydrogen-bond acceptors (Lipinski definition) is 5. The molecule has 0 spiro atoms. The van der Waals surface area contributed by atoms with E-state index in [-0.39, 0.29) is 22.9 Å². The van der Waals surface area contributed by atoms with Crippen LogP contribution in [0.15, 0.2) is 27.3 Å². The van der Waals surface area contributed by atoms with Gasteiger partial charge in [0.1, 0.15) is 0 Å². The Hall–Kier alpha value is -1.42. The largest absolute Gasteiger partial charge is 0.390 e. The summed E-state index contributed by atoms with van der Waals surface area (Å²) in [4.78, 5) is 13.4. The first kappa shape index (κ1) is 16.0. The Balaban J connectivity index is 2.17. The van der Waals surface area contributed by atoms with Crippen LogP contribution in [-0.2, 0) is 29.7 Å². The smallest absolute Gasteiger partial charge is 0.304 e. The van der Waals surface area contributed by atoms with E-state index >= 15 is 0 Å². The van der Waals surface area contributed by atoms with Gasteiger partial charge in [0.15, 0.2) is 0 Å². The lowest BCUT2D eigenvalue weighted by Gasteiger charge is -2.04. The van der Waals surface area contributed by atoms with E-state index in [0.29, 0.717) is 17.9 Å². The fraction of sp³-hybridized carbons (Fsp3) is 0.417. The fourth-order valence-electron chi connectivity index (χ4n) is 1.91. The number of hydrogen-bond donors (Lipinski definition) is 3. The van der Waals surface area contributed by atoms with Gasteiger partial charge in [-0.25, -0.2) is 13.1 Å². The molecule has 0 amide bonds. The number of H-pyrrole nitrogens is 1. The number of aliphatic hydroxyl groups is 1. The van der Waals surface area contributed by atoms with Gasteiger partial charge in [-0.3, -0.25) is 4.79 Å². The number of thiazole rings is 1. The molecule has 2 aromatic heterocycles. The second kappa shape index (κ2) is 6.56. The molecule has 0 aliphatic carbocycles. The third-order valence-corrected chi connectivity index (χ3v) is 5.01. The maximum Gasteiger partial charge on any atom is 0.304 e. The second-order valence-corrected chi connectivity index (χ2v) is 7.13. The molecule has 0 aromatic carbocycles. The minimum absolute atomic E-state index is 0.0223. The molecule has 2 aromatic rings. The molecule has 0 bridgehead atoms. The lowest BCUT2D eigenvalue weighted by molar-refractivity contribution is 0.270. The van der Waals surface area contributed by atoms with Gasteiger partial charge in [0.05, 0.1) is 18.0 Å². The molecule has 0 radical (unpaired) electrons. The summed E-state index contributed by atoms with van der Waals surface area (Å²) in [5, 5.41) is 10.8. The predicted molar refractivity (Wildman–Crippen MR) is 79.6 cm³/mol. The number of sulfonamides is 1. The SMILES string of the molecule is CCCn1cc(S(=O)(=O)NCc2csc(=O)[nH]2)cc1CO. The van der Waals surface area contributed by atoms with E-state index in [0.717, 1.165) is 17.8 Å². The van der Waals surface area contributed by atoms with Crippen LogP contribution in [0.3, 0.4) is 0 Å². The van der Waals surface area contributed by atoms with Gasteiger partial charge in [0.25, 0.3) is 0 Å². The molecule has 9 heteroatoms. The zero-order valence-electron chi connectivity index (χ0n) is 11.5. The molecule has 21 heavy (non-hydrogen) atoms. The molecule has 116 valence electrons. The Morgan fingerprint density at radius 1 is 1.48 bits per heavy atom. The number of aryl methyl sites for hydroxylation is 1. The highest BCUT2D eigenvalue weighted by Crippen LogP contribution is 2.15. The van der Waals surface area contributed by atoms with Gasteiger partial charge in [0.2, 0.25) is 10.0 Å². The monoisotopic (exact) mass is 331 g/mol. The Labute approximate surface area is 126 Å². The molecule has 0 saturated heterocycles. The average Bonchev–Trinajstić information content (AvgIpc) is 3.04. The summed E-state index contributed by atoms with van der Waals surface area (Å²) in [5.74, 6) is 0. The van der Waals surface area contributed by atoms with Gasteiger partial charge in [0, 0.05) is 29.5 Å². The van der Waals surface area contributed by atoms with Crippen molar-refractivity contribution in [1.29, 1.82) is 0 Å². The zero-order chi connectivity index (χ0) is 15.5. The highest BCUT2D eigenvalue weighted by molar-refractivity contribution is 7.89. The third kappa shape index (κ3) is 3.82. The van der Waals surface area contributed by atoms with Gasteiger partial charge in [-0.1, -0.05) is 18.3 Å². The number of nitrogens with zero attached hydrogens (tertiary/aromatic N) is 1. The van der Waals surface area contributed by atoms with E-state index in [1.807, 2.05) is 6.92 Å². The standard InChI is InChI=1S/C12H17N3O4S2/c1-2-3-15-6-11(4-10(15)7-16)21(18,19)13-5-9-8-20-12(17)14-9/h4,6,8,13,16H,2-3,5,7H2,1H3,(H,14,17). The van der Waals surface area contributed by atoms with E-state index in [2.05, 4.69) is 9.71 Å². The topological polar surface area (TPSA) is 104 Å². The van der Waals surface area contributed by atoms with Crippen LogP contribution in [0.25, 0.3) is 0 Å². The van der Waals surface area contributed by atoms with Crippen molar-refractivity contribution in [2.45, 2.75) is 37.9 Å².